The van der Waals surface area contributed by atoms with Crippen LogP contribution in [0.4, 0.5) is 4.79 Å². The van der Waals surface area contributed by atoms with Crippen LogP contribution >= 0.6 is 0 Å². The van der Waals surface area contributed by atoms with Gasteiger partial charge in [0.05, 0.1) is 13.2 Å². The predicted octanol–water partition coefficient (Wildman–Crippen LogP) is 2.41. The third-order valence-corrected chi connectivity index (χ3v) is 2.17. The summed E-state index contributed by atoms with van der Waals surface area (Å²) in [6.45, 7) is 3.95. The fourth-order valence-corrected chi connectivity index (χ4v) is 1.39. The summed E-state index contributed by atoms with van der Waals surface area (Å²) in [5.41, 5.74) is 2.27. The van der Waals surface area contributed by atoms with E-state index in [2.05, 4.69) is 10.1 Å². The molecule has 1 amide bonds. The molecular formula is C11H15NO2. The topological polar surface area (TPSA) is 38.3 Å². The third kappa shape index (κ3) is 2.49. The minimum absolute atomic E-state index is 0.0244. The molecule has 1 aromatic carbocycles. The van der Waals surface area contributed by atoms with Gasteiger partial charge in [0.2, 0.25) is 0 Å². The van der Waals surface area contributed by atoms with Crippen molar-refractivity contribution >= 4 is 6.09 Å². The Hall–Kier alpha value is -1.51. The average molecular weight is 193 g/mol. The summed E-state index contributed by atoms with van der Waals surface area (Å²) >= 11 is 0. The first kappa shape index (κ1) is 10.6. The number of alkyl carbamates (subject to hydrolysis) is 1. The molecule has 0 saturated carbocycles. The smallest absolute Gasteiger partial charge is 0.407 e. The van der Waals surface area contributed by atoms with Gasteiger partial charge in [-0.05, 0) is 25.0 Å². The number of aryl methyl sites for hydroxylation is 1. The normalized spacial score (nSPS) is 11.9. The zero-order valence-corrected chi connectivity index (χ0v) is 8.70. The summed E-state index contributed by atoms with van der Waals surface area (Å²) < 4.78 is 4.53. The van der Waals surface area contributed by atoms with Crippen LogP contribution in [0.2, 0.25) is 0 Å². The van der Waals surface area contributed by atoms with Crippen molar-refractivity contribution in [3.8, 4) is 0 Å². The highest BCUT2D eigenvalue weighted by molar-refractivity contribution is 5.67. The van der Waals surface area contributed by atoms with Crippen molar-refractivity contribution < 1.29 is 9.53 Å². The largest absolute Gasteiger partial charge is 0.453 e. The molecule has 1 atom stereocenters. The van der Waals surface area contributed by atoms with Gasteiger partial charge in [-0.25, -0.2) is 4.79 Å². The van der Waals surface area contributed by atoms with Gasteiger partial charge in [-0.2, -0.15) is 0 Å². The highest BCUT2D eigenvalue weighted by atomic mass is 16.5. The van der Waals surface area contributed by atoms with Gasteiger partial charge in [0.1, 0.15) is 0 Å². The number of nitrogens with one attached hydrogen (secondary N) is 1. The molecule has 0 aliphatic carbocycles. The maximum Gasteiger partial charge on any atom is 0.407 e. The van der Waals surface area contributed by atoms with Gasteiger partial charge >= 0.3 is 6.09 Å². The molecule has 1 aromatic rings. The van der Waals surface area contributed by atoms with E-state index in [0.29, 0.717) is 0 Å². The Morgan fingerprint density at radius 1 is 1.43 bits per heavy atom. The van der Waals surface area contributed by atoms with E-state index in [1.54, 1.807) is 0 Å². The second-order valence-electron chi connectivity index (χ2n) is 3.21. The van der Waals surface area contributed by atoms with Crippen molar-refractivity contribution in [2.24, 2.45) is 0 Å². The summed E-state index contributed by atoms with van der Waals surface area (Å²) in [6, 6.07) is 7.92. The van der Waals surface area contributed by atoms with Crippen molar-refractivity contribution in [1.82, 2.24) is 5.32 Å². The molecule has 0 spiro atoms. The van der Waals surface area contributed by atoms with Gasteiger partial charge in [0.15, 0.2) is 0 Å². The van der Waals surface area contributed by atoms with Crippen LogP contribution in [-0.4, -0.2) is 13.2 Å². The van der Waals surface area contributed by atoms with Crippen LogP contribution in [0.15, 0.2) is 24.3 Å². The Morgan fingerprint density at radius 3 is 2.64 bits per heavy atom. The number of benzene rings is 1. The Labute approximate surface area is 84.1 Å². The van der Waals surface area contributed by atoms with Gasteiger partial charge in [-0.1, -0.05) is 24.3 Å². The summed E-state index contributed by atoms with van der Waals surface area (Å²) in [4.78, 5) is 11.0. The van der Waals surface area contributed by atoms with Gasteiger partial charge in [-0.3, -0.25) is 0 Å². The lowest BCUT2D eigenvalue weighted by molar-refractivity contribution is 0.167. The Balaban J connectivity index is 2.74. The maximum atomic E-state index is 11.0. The molecule has 0 aliphatic heterocycles. The Bertz CT molecular complexity index is 323. The van der Waals surface area contributed by atoms with Crippen molar-refractivity contribution in [2.45, 2.75) is 19.9 Å². The lowest BCUT2D eigenvalue weighted by atomic mass is 10.0. The van der Waals surface area contributed by atoms with Crippen LogP contribution < -0.4 is 5.32 Å². The summed E-state index contributed by atoms with van der Waals surface area (Å²) in [5.74, 6) is 0. The first-order valence-electron chi connectivity index (χ1n) is 4.55. The molecule has 1 rings (SSSR count). The molecule has 0 radical (unpaired) electrons. The molecule has 76 valence electrons. The standard InChI is InChI=1S/C11H15NO2/c1-8-6-4-5-7-10(8)9(2)12-11(13)14-3/h4-7,9H,1-3H3,(H,12,13). The number of hydrogen-bond donors (Lipinski definition) is 1. The number of methoxy groups -OCH3 is 1. The molecule has 0 heterocycles. The fourth-order valence-electron chi connectivity index (χ4n) is 1.39. The van der Waals surface area contributed by atoms with E-state index in [1.807, 2.05) is 38.1 Å². The van der Waals surface area contributed by atoms with E-state index < -0.39 is 6.09 Å². The molecule has 0 aromatic heterocycles. The van der Waals surface area contributed by atoms with Gasteiger partial charge in [-0.15, -0.1) is 0 Å². The lowest BCUT2D eigenvalue weighted by Crippen LogP contribution is -2.26. The summed E-state index contributed by atoms with van der Waals surface area (Å²) in [6.07, 6.45) is -0.402. The maximum absolute atomic E-state index is 11.0. The van der Waals surface area contributed by atoms with E-state index in [9.17, 15) is 4.79 Å². The molecule has 1 N–H and O–H groups in total. The van der Waals surface area contributed by atoms with Crippen LogP contribution in [0, 0.1) is 6.92 Å². The number of hydrogen-bond acceptors (Lipinski definition) is 2. The Kier molecular flexibility index (Phi) is 3.51. The molecule has 0 fully saturated rings. The molecule has 1 unspecified atom stereocenters. The third-order valence-electron chi connectivity index (χ3n) is 2.17. The van der Waals surface area contributed by atoms with Crippen LogP contribution in [0.5, 0.6) is 0 Å². The van der Waals surface area contributed by atoms with E-state index in [0.717, 1.165) is 11.1 Å². The average Bonchev–Trinajstić information content (AvgIpc) is 2.18. The lowest BCUT2D eigenvalue weighted by Gasteiger charge is -2.15. The molecular weight excluding hydrogens is 178 g/mol. The van der Waals surface area contributed by atoms with Gasteiger partial charge in [0.25, 0.3) is 0 Å². The van der Waals surface area contributed by atoms with Crippen molar-refractivity contribution in [2.75, 3.05) is 7.11 Å². The van der Waals surface area contributed by atoms with E-state index in [4.69, 9.17) is 0 Å². The number of rotatable bonds is 2. The molecule has 3 heteroatoms. The van der Waals surface area contributed by atoms with Crippen LogP contribution in [0.3, 0.4) is 0 Å². The molecule has 3 nitrogen and oxygen atoms in total. The first-order chi connectivity index (χ1) is 6.65. The van der Waals surface area contributed by atoms with Crippen molar-refractivity contribution in [3.63, 3.8) is 0 Å². The summed E-state index contributed by atoms with van der Waals surface area (Å²) in [5, 5.41) is 2.73. The van der Waals surface area contributed by atoms with Crippen LogP contribution in [0.1, 0.15) is 24.1 Å². The van der Waals surface area contributed by atoms with Gasteiger partial charge < -0.3 is 10.1 Å². The second kappa shape index (κ2) is 4.65. The number of amides is 1. The minimum Gasteiger partial charge on any atom is -0.453 e. The predicted molar refractivity (Wildman–Crippen MR) is 55.1 cm³/mol. The molecule has 14 heavy (non-hydrogen) atoms. The van der Waals surface area contributed by atoms with Crippen molar-refractivity contribution in [1.29, 1.82) is 0 Å². The zero-order chi connectivity index (χ0) is 10.6. The molecule has 0 bridgehead atoms. The van der Waals surface area contributed by atoms with Crippen LogP contribution in [0.25, 0.3) is 0 Å². The highest BCUT2D eigenvalue weighted by Gasteiger charge is 2.10. The van der Waals surface area contributed by atoms with Gasteiger partial charge in [0, 0.05) is 0 Å². The highest BCUT2D eigenvalue weighted by Crippen LogP contribution is 2.16. The van der Waals surface area contributed by atoms with E-state index in [-0.39, 0.29) is 6.04 Å². The van der Waals surface area contributed by atoms with Crippen molar-refractivity contribution in [3.05, 3.63) is 35.4 Å². The van der Waals surface area contributed by atoms with Crippen LogP contribution in [-0.2, 0) is 4.74 Å². The second-order valence-corrected chi connectivity index (χ2v) is 3.21. The molecule has 0 saturated heterocycles. The Morgan fingerprint density at radius 2 is 2.07 bits per heavy atom. The number of ether oxygens (including phenoxy) is 1. The summed E-state index contributed by atoms with van der Waals surface area (Å²) in [7, 11) is 1.36. The minimum atomic E-state index is -0.402. The molecule has 0 aliphatic rings. The number of carbonyl (C=O) groups excluding carboxylic acids is 1. The first-order valence-corrected chi connectivity index (χ1v) is 4.55. The fraction of sp³-hybridized carbons (Fsp3) is 0.364. The number of carbonyl (C=O) groups is 1. The quantitative estimate of drug-likeness (QED) is 0.783. The monoisotopic (exact) mass is 193 g/mol. The van der Waals surface area contributed by atoms with E-state index in [1.165, 1.54) is 7.11 Å². The SMILES string of the molecule is COC(=O)NC(C)c1ccccc1C. The zero-order valence-electron chi connectivity index (χ0n) is 8.70. The van der Waals surface area contributed by atoms with E-state index >= 15 is 0 Å².